The summed E-state index contributed by atoms with van der Waals surface area (Å²) in [6.07, 6.45) is 7.64. The van der Waals surface area contributed by atoms with Crippen LogP contribution in [0.1, 0.15) is 92.9 Å². The average molecular weight is 397 g/mol. The fourth-order valence-electron chi connectivity index (χ4n) is 5.00. The Hall–Kier alpha value is -0.640. The molecule has 3 nitrogen and oxygen atoms in total. The molecule has 2 rings (SSSR count). The van der Waals surface area contributed by atoms with E-state index in [1.165, 1.54) is 12.8 Å². The minimum Gasteiger partial charge on any atom is -0.352 e. The van der Waals surface area contributed by atoms with Gasteiger partial charge in [0.2, 0.25) is 5.91 Å². The molecule has 1 heterocycles. The molecule has 1 saturated carbocycles. The molecule has 0 aromatic carbocycles. The van der Waals surface area contributed by atoms with Crippen LogP contribution in [0.3, 0.4) is 0 Å². The molecule has 4 heteroatoms. The van der Waals surface area contributed by atoms with Gasteiger partial charge in [0, 0.05) is 18.5 Å². The van der Waals surface area contributed by atoms with E-state index >= 15 is 4.39 Å². The third-order valence-corrected chi connectivity index (χ3v) is 6.93. The van der Waals surface area contributed by atoms with E-state index in [1.54, 1.807) is 0 Å². The van der Waals surface area contributed by atoms with Crippen LogP contribution in [0.4, 0.5) is 4.39 Å². The summed E-state index contributed by atoms with van der Waals surface area (Å²) in [5.74, 6) is 1.39. The molecule has 2 unspecified atom stereocenters. The Balaban J connectivity index is 1.79. The number of carbonyl (C=O) groups excluding carboxylic acids is 1. The molecular formula is C24H45FN2O. The third-order valence-electron chi connectivity index (χ3n) is 6.93. The van der Waals surface area contributed by atoms with Crippen LogP contribution in [-0.4, -0.2) is 42.7 Å². The largest absolute Gasteiger partial charge is 0.352 e. The Labute approximate surface area is 173 Å². The van der Waals surface area contributed by atoms with Crippen molar-refractivity contribution in [2.75, 3.05) is 26.2 Å². The van der Waals surface area contributed by atoms with Crippen molar-refractivity contribution in [3.05, 3.63) is 0 Å². The van der Waals surface area contributed by atoms with Crippen LogP contribution in [0.15, 0.2) is 0 Å². The topological polar surface area (TPSA) is 32.3 Å². The summed E-state index contributed by atoms with van der Waals surface area (Å²) in [5, 5.41) is 3.02. The molecule has 0 bridgehead atoms. The van der Waals surface area contributed by atoms with Crippen LogP contribution in [0.25, 0.3) is 0 Å². The molecule has 1 N–H and O–H groups in total. The highest BCUT2D eigenvalue weighted by atomic mass is 19.1. The Kier molecular flexibility index (Phi) is 7.98. The number of piperidine rings is 1. The van der Waals surface area contributed by atoms with Gasteiger partial charge in [0.1, 0.15) is 5.67 Å². The fraction of sp³-hybridized carbons (Fsp3) is 0.958. The van der Waals surface area contributed by atoms with Crippen molar-refractivity contribution in [1.82, 2.24) is 10.2 Å². The quantitative estimate of drug-likeness (QED) is 0.609. The van der Waals surface area contributed by atoms with Crippen LogP contribution in [0, 0.1) is 22.7 Å². The van der Waals surface area contributed by atoms with E-state index in [-0.39, 0.29) is 17.9 Å². The van der Waals surface area contributed by atoms with Gasteiger partial charge in [0.25, 0.3) is 0 Å². The monoisotopic (exact) mass is 396 g/mol. The molecule has 0 radical (unpaired) electrons. The summed E-state index contributed by atoms with van der Waals surface area (Å²) in [5.41, 5.74) is -1.24. The highest BCUT2D eigenvalue weighted by molar-refractivity contribution is 5.82. The molecule has 28 heavy (non-hydrogen) atoms. The predicted molar refractivity (Wildman–Crippen MR) is 116 cm³/mol. The zero-order chi connectivity index (χ0) is 21.0. The Morgan fingerprint density at radius 1 is 1.21 bits per heavy atom. The van der Waals surface area contributed by atoms with E-state index in [9.17, 15) is 4.79 Å². The van der Waals surface area contributed by atoms with Gasteiger partial charge in [-0.05, 0) is 62.3 Å². The Morgan fingerprint density at radius 3 is 2.43 bits per heavy atom. The lowest BCUT2D eigenvalue weighted by molar-refractivity contribution is -0.134. The molecular weight excluding hydrogens is 351 g/mol. The van der Waals surface area contributed by atoms with Crippen molar-refractivity contribution >= 4 is 5.91 Å². The average Bonchev–Trinajstić information content (AvgIpc) is 2.58. The summed E-state index contributed by atoms with van der Waals surface area (Å²) in [6, 6.07) is 0. The van der Waals surface area contributed by atoms with E-state index in [4.69, 9.17) is 0 Å². The number of nitrogens with zero attached hydrogens (tertiary/aromatic N) is 1. The predicted octanol–water partition coefficient (Wildman–Crippen LogP) is 5.59. The van der Waals surface area contributed by atoms with Crippen molar-refractivity contribution in [3.63, 3.8) is 0 Å². The van der Waals surface area contributed by atoms with E-state index in [1.807, 2.05) is 0 Å². The zero-order valence-corrected chi connectivity index (χ0v) is 19.4. The number of amides is 1. The smallest absolute Gasteiger partial charge is 0.226 e. The normalized spacial score (nSPS) is 29.1. The molecule has 0 aromatic heterocycles. The summed E-state index contributed by atoms with van der Waals surface area (Å²) >= 11 is 0. The molecule has 1 saturated heterocycles. The lowest BCUT2D eigenvalue weighted by atomic mass is 9.68. The van der Waals surface area contributed by atoms with Gasteiger partial charge >= 0.3 is 0 Å². The molecule has 0 aromatic rings. The number of hydrogen-bond donors (Lipinski definition) is 1. The van der Waals surface area contributed by atoms with Gasteiger partial charge in [-0.2, -0.15) is 0 Å². The number of halogens is 1. The van der Waals surface area contributed by atoms with E-state index in [2.05, 4.69) is 51.8 Å². The van der Waals surface area contributed by atoms with Crippen LogP contribution in [0.2, 0.25) is 0 Å². The highest BCUT2D eigenvalue weighted by Crippen LogP contribution is 2.42. The van der Waals surface area contributed by atoms with Crippen LogP contribution >= 0.6 is 0 Å². The first-order chi connectivity index (χ1) is 12.9. The second-order valence-electron chi connectivity index (χ2n) is 11.6. The maximum Gasteiger partial charge on any atom is 0.226 e. The van der Waals surface area contributed by atoms with Gasteiger partial charge in [0.15, 0.2) is 0 Å². The maximum atomic E-state index is 15.3. The van der Waals surface area contributed by atoms with Gasteiger partial charge in [-0.25, -0.2) is 4.39 Å². The minimum absolute atomic E-state index is 0.0770. The number of likely N-dealkylation sites (tertiary alicyclic amines) is 1. The minimum atomic E-state index is -1.24. The molecule has 0 spiro atoms. The summed E-state index contributed by atoms with van der Waals surface area (Å²) < 4.78 is 15.3. The van der Waals surface area contributed by atoms with Crippen molar-refractivity contribution in [3.8, 4) is 0 Å². The zero-order valence-electron chi connectivity index (χ0n) is 19.4. The first kappa shape index (κ1) is 23.6. The van der Waals surface area contributed by atoms with Gasteiger partial charge in [0.05, 0.1) is 6.54 Å². The number of nitrogens with one attached hydrogen (secondary N) is 1. The second-order valence-corrected chi connectivity index (χ2v) is 11.6. The van der Waals surface area contributed by atoms with Crippen LogP contribution in [0.5, 0.6) is 0 Å². The highest BCUT2D eigenvalue weighted by Gasteiger charge is 2.41. The van der Waals surface area contributed by atoms with Gasteiger partial charge in [-0.15, -0.1) is 0 Å². The summed E-state index contributed by atoms with van der Waals surface area (Å²) in [4.78, 5) is 15.3. The fourth-order valence-corrected chi connectivity index (χ4v) is 5.00. The van der Waals surface area contributed by atoms with Crippen molar-refractivity contribution in [2.24, 2.45) is 22.7 Å². The summed E-state index contributed by atoms with van der Waals surface area (Å²) in [6.45, 7) is 16.2. The number of rotatable bonds is 7. The third kappa shape index (κ3) is 7.31. The van der Waals surface area contributed by atoms with Gasteiger partial charge < -0.3 is 10.2 Å². The van der Waals surface area contributed by atoms with Crippen molar-refractivity contribution < 1.29 is 9.18 Å². The first-order valence-electron chi connectivity index (χ1n) is 11.6. The van der Waals surface area contributed by atoms with E-state index < -0.39 is 5.67 Å². The molecule has 2 fully saturated rings. The van der Waals surface area contributed by atoms with Gasteiger partial charge in [-0.1, -0.05) is 54.4 Å². The Bertz CT molecular complexity index is 505. The SMILES string of the molecule is CC(C)CC1CCCC(C)(C(=O)NCC2(F)CCN(CCC(C)(C)C)CC2)C1. The number of alkyl halides is 1. The van der Waals surface area contributed by atoms with Crippen LogP contribution < -0.4 is 5.32 Å². The lowest BCUT2D eigenvalue weighted by Gasteiger charge is -2.40. The number of hydrogen-bond acceptors (Lipinski definition) is 2. The summed E-state index contributed by atoms with van der Waals surface area (Å²) in [7, 11) is 0. The molecule has 2 aliphatic rings. The molecule has 164 valence electrons. The van der Waals surface area contributed by atoms with Crippen molar-refractivity contribution in [1.29, 1.82) is 0 Å². The maximum absolute atomic E-state index is 15.3. The van der Waals surface area contributed by atoms with Crippen LogP contribution in [-0.2, 0) is 4.79 Å². The van der Waals surface area contributed by atoms with E-state index in [0.717, 1.165) is 45.3 Å². The number of carbonyl (C=O) groups is 1. The molecule has 1 aliphatic carbocycles. The van der Waals surface area contributed by atoms with Gasteiger partial charge in [-0.3, -0.25) is 4.79 Å². The second kappa shape index (κ2) is 9.45. The van der Waals surface area contributed by atoms with E-state index in [0.29, 0.717) is 30.1 Å². The molecule has 1 amide bonds. The molecule has 1 aliphatic heterocycles. The molecule has 2 atom stereocenters. The first-order valence-corrected chi connectivity index (χ1v) is 11.6. The Morgan fingerprint density at radius 2 is 1.86 bits per heavy atom. The van der Waals surface area contributed by atoms with Crippen molar-refractivity contribution in [2.45, 2.75) is 98.6 Å². The standard InChI is InChI=1S/C24H45FN2O/c1-19(2)16-20-8-7-9-23(6,17-20)21(28)26-18-24(25)11-14-27(15-12-24)13-10-22(3,4)5/h19-20H,7-18H2,1-6H3,(H,26,28). The lowest BCUT2D eigenvalue weighted by Crippen LogP contribution is -2.51.